The van der Waals surface area contributed by atoms with Crippen molar-refractivity contribution in [2.24, 2.45) is 0 Å². The summed E-state index contributed by atoms with van der Waals surface area (Å²) in [4.78, 5) is 17.0. The van der Waals surface area contributed by atoms with E-state index in [4.69, 9.17) is 14.5 Å². The minimum Gasteiger partial charge on any atom is -0.494 e. The number of aryl methyl sites for hydroxylation is 3. The van der Waals surface area contributed by atoms with E-state index >= 15 is 0 Å². The van der Waals surface area contributed by atoms with Gasteiger partial charge in [0.25, 0.3) is 0 Å². The third kappa shape index (κ3) is 5.68. The molecular formula is C26H33N3O3. The number of hydrogen-bond donors (Lipinski definition) is 1. The number of hydrogen-bond acceptors (Lipinski definition) is 4. The Kier molecular flexibility index (Phi) is 7.77. The van der Waals surface area contributed by atoms with Crippen molar-refractivity contribution in [3.63, 3.8) is 0 Å². The molecule has 32 heavy (non-hydrogen) atoms. The van der Waals surface area contributed by atoms with Crippen molar-refractivity contribution in [2.45, 2.75) is 58.1 Å². The molecular weight excluding hydrogens is 402 g/mol. The van der Waals surface area contributed by atoms with E-state index in [1.165, 1.54) is 5.56 Å². The summed E-state index contributed by atoms with van der Waals surface area (Å²) < 4.78 is 13.7. The summed E-state index contributed by atoms with van der Waals surface area (Å²) in [6.45, 7) is 5.00. The van der Waals surface area contributed by atoms with Gasteiger partial charge >= 0.3 is 0 Å². The Hall–Kier alpha value is -2.86. The number of aromatic nitrogens is 2. The second kappa shape index (κ2) is 11.1. The third-order valence-electron chi connectivity index (χ3n) is 5.96. The highest BCUT2D eigenvalue weighted by atomic mass is 16.5. The number of benzene rings is 2. The van der Waals surface area contributed by atoms with Crippen LogP contribution in [0.15, 0.2) is 48.5 Å². The second-order valence-electron chi connectivity index (χ2n) is 8.26. The van der Waals surface area contributed by atoms with Gasteiger partial charge in [-0.2, -0.15) is 0 Å². The van der Waals surface area contributed by atoms with Crippen LogP contribution in [0, 0.1) is 0 Å². The summed E-state index contributed by atoms with van der Waals surface area (Å²) in [6.07, 6.45) is 5.13. The summed E-state index contributed by atoms with van der Waals surface area (Å²) in [7, 11) is 0. The molecule has 4 rings (SSSR count). The minimum absolute atomic E-state index is 0.0140. The van der Waals surface area contributed by atoms with Gasteiger partial charge in [0.15, 0.2) is 0 Å². The zero-order chi connectivity index (χ0) is 22.2. The maximum atomic E-state index is 12.1. The fraction of sp³-hybridized carbons (Fsp3) is 0.462. The Labute approximate surface area is 189 Å². The molecule has 2 heterocycles. The molecule has 6 nitrogen and oxygen atoms in total. The smallest absolute Gasteiger partial charge is 0.249 e. The van der Waals surface area contributed by atoms with Gasteiger partial charge in [0.1, 0.15) is 17.7 Å². The van der Waals surface area contributed by atoms with Crippen LogP contribution in [0.25, 0.3) is 11.0 Å². The first-order chi connectivity index (χ1) is 15.7. The summed E-state index contributed by atoms with van der Waals surface area (Å²) in [5, 5.41) is 3.01. The summed E-state index contributed by atoms with van der Waals surface area (Å²) >= 11 is 0. The molecule has 6 heteroatoms. The Balaban J connectivity index is 1.30. The lowest BCUT2D eigenvalue weighted by Crippen LogP contribution is -2.34. The summed E-state index contributed by atoms with van der Waals surface area (Å²) in [5.74, 6) is 1.99. The number of para-hydroxylation sites is 2. The monoisotopic (exact) mass is 435 g/mol. The molecule has 1 N–H and O–H groups in total. The van der Waals surface area contributed by atoms with Crippen LogP contribution in [0.1, 0.15) is 44.0 Å². The van der Waals surface area contributed by atoms with Crippen molar-refractivity contribution in [3.8, 4) is 5.75 Å². The van der Waals surface area contributed by atoms with Gasteiger partial charge in [-0.3, -0.25) is 4.79 Å². The van der Waals surface area contributed by atoms with Crippen molar-refractivity contribution in [1.82, 2.24) is 14.9 Å². The lowest BCUT2D eigenvalue weighted by Gasteiger charge is -2.12. The molecule has 1 aliphatic heterocycles. The fourth-order valence-corrected chi connectivity index (χ4v) is 4.16. The molecule has 1 unspecified atom stereocenters. The van der Waals surface area contributed by atoms with Crippen LogP contribution in [-0.2, 0) is 28.9 Å². The predicted octanol–water partition coefficient (Wildman–Crippen LogP) is 4.30. The highest BCUT2D eigenvalue weighted by Crippen LogP contribution is 2.19. The number of rotatable bonds is 11. The number of fused-ring (bicyclic) bond motifs is 1. The zero-order valence-electron chi connectivity index (χ0n) is 18.9. The molecule has 0 aliphatic carbocycles. The third-order valence-corrected chi connectivity index (χ3v) is 5.96. The van der Waals surface area contributed by atoms with Crippen molar-refractivity contribution in [1.29, 1.82) is 0 Å². The molecule has 0 bridgehead atoms. The maximum Gasteiger partial charge on any atom is 0.249 e. The first-order valence-corrected chi connectivity index (χ1v) is 11.8. The number of carbonyl (C=O) groups excluding carboxylic acids is 1. The molecule has 1 atom stereocenters. The lowest BCUT2D eigenvalue weighted by molar-refractivity contribution is -0.130. The van der Waals surface area contributed by atoms with Gasteiger partial charge in [0.05, 0.1) is 17.6 Å². The quantitative estimate of drug-likeness (QED) is 0.456. The van der Waals surface area contributed by atoms with Crippen LogP contribution in [0.4, 0.5) is 0 Å². The number of amides is 1. The van der Waals surface area contributed by atoms with E-state index in [0.29, 0.717) is 19.8 Å². The van der Waals surface area contributed by atoms with Gasteiger partial charge in [-0.15, -0.1) is 0 Å². The van der Waals surface area contributed by atoms with Crippen LogP contribution in [0.2, 0.25) is 0 Å². The van der Waals surface area contributed by atoms with Gasteiger partial charge in [-0.05, 0) is 61.9 Å². The van der Waals surface area contributed by atoms with Crippen molar-refractivity contribution in [3.05, 3.63) is 59.9 Å². The number of ether oxygens (including phenoxy) is 2. The number of nitrogens with one attached hydrogen (secondary N) is 1. The Morgan fingerprint density at radius 1 is 1.19 bits per heavy atom. The van der Waals surface area contributed by atoms with E-state index in [0.717, 1.165) is 67.7 Å². The summed E-state index contributed by atoms with van der Waals surface area (Å²) in [5.41, 5.74) is 3.49. The molecule has 1 fully saturated rings. The van der Waals surface area contributed by atoms with Gasteiger partial charge in [0.2, 0.25) is 5.91 Å². The first-order valence-electron chi connectivity index (χ1n) is 11.8. The standard InChI is InChI=1S/C26H33N3O3/c1-2-20-12-14-21(15-13-20)31-19-7-17-29-23-9-4-3-8-22(23)28-25(29)11-5-16-27-26(30)24-10-6-18-32-24/h3-4,8-9,12-15,24H,2,5-7,10-11,16-19H2,1H3,(H,27,30). The molecule has 170 valence electrons. The van der Waals surface area contributed by atoms with Crippen LogP contribution in [0.3, 0.4) is 0 Å². The van der Waals surface area contributed by atoms with Crippen molar-refractivity contribution in [2.75, 3.05) is 19.8 Å². The Morgan fingerprint density at radius 2 is 2.03 bits per heavy atom. The first kappa shape index (κ1) is 22.3. The Bertz CT molecular complexity index is 1010. The van der Waals surface area contributed by atoms with Gasteiger partial charge < -0.3 is 19.4 Å². The van der Waals surface area contributed by atoms with Crippen molar-refractivity contribution < 1.29 is 14.3 Å². The van der Waals surface area contributed by atoms with Gasteiger partial charge in [0, 0.05) is 26.1 Å². The molecule has 0 spiro atoms. The van der Waals surface area contributed by atoms with Gasteiger partial charge in [-0.25, -0.2) is 4.98 Å². The van der Waals surface area contributed by atoms with E-state index < -0.39 is 0 Å². The number of nitrogens with zero attached hydrogens (tertiary/aromatic N) is 2. The molecule has 0 saturated carbocycles. The largest absolute Gasteiger partial charge is 0.494 e. The highest BCUT2D eigenvalue weighted by Gasteiger charge is 2.22. The Morgan fingerprint density at radius 3 is 2.81 bits per heavy atom. The molecule has 1 aliphatic rings. The average molecular weight is 436 g/mol. The number of imidazole rings is 1. The van der Waals surface area contributed by atoms with E-state index in [9.17, 15) is 4.79 Å². The molecule has 0 radical (unpaired) electrons. The van der Waals surface area contributed by atoms with Crippen LogP contribution >= 0.6 is 0 Å². The average Bonchev–Trinajstić information content (AvgIpc) is 3.48. The van der Waals surface area contributed by atoms with E-state index in [-0.39, 0.29) is 12.0 Å². The van der Waals surface area contributed by atoms with E-state index in [1.54, 1.807) is 0 Å². The predicted molar refractivity (Wildman–Crippen MR) is 126 cm³/mol. The lowest BCUT2D eigenvalue weighted by atomic mass is 10.2. The normalized spacial score (nSPS) is 15.8. The van der Waals surface area contributed by atoms with E-state index in [1.807, 2.05) is 18.2 Å². The number of carbonyl (C=O) groups is 1. The molecule has 1 aromatic heterocycles. The molecule has 2 aromatic carbocycles. The maximum absolute atomic E-state index is 12.1. The van der Waals surface area contributed by atoms with Gasteiger partial charge in [-0.1, -0.05) is 31.2 Å². The second-order valence-corrected chi connectivity index (χ2v) is 8.26. The van der Waals surface area contributed by atoms with Crippen LogP contribution in [-0.4, -0.2) is 41.3 Å². The fourth-order valence-electron chi connectivity index (χ4n) is 4.16. The molecule has 1 amide bonds. The molecule has 3 aromatic rings. The van der Waals surface area contributed by atoms with Crippen LogP contribution in [0.5, 0.6) is 5.75 Å². The minimum atomic E-state index is -0.266. The SMILES string of the molecule is CCc1ccc(OCCCn2c(CCCNC(=O)C3CCCO3)nc3ccccc32)cc1. The highest BCUT2D eigenvalue weighted by molar-refractivity contribution is 5.80. The zero-order valence-corrected chi connectivity index (χ0v) is 18.9. The van der Waals surface area contributed by atoms with Crippen molar-refractivity contribution >= 4 is 16.9 Å². The topological polar surface area (TPSA) is 65.4 Å². The summed E-state index contributed by atoms with van der Waals surface area (Å²) in [6, 6.07) is 16.6. The van der Waals surface area contributed by atoms with Crippen LogP contribution < -0.4 is 10.1 Å². The van der Waals surface area contributed by atoms with E-state index in [2.05, 4.69) is 47.1 Å². The molecule has 1 saturated heterocycles.